The number of hydrogen-bond acceptors (Lipinski definition) is 0. The summed E-state index contributed by atoms with van der Waals surface area (Å²) in [5.74, 6) is 0. The maximum Gasteiger partial charge on any atom is 1.00 e. The molecule has 0 aliphatic rings. The van der Waals surface area contributed by atoms with Gasteiger partial charge in [-0.2, -0.15) is 0 Å². The van der Waals surface area contributed by atoms with Gasteiger partial charge >= 0.3 is 58.4 Å². The maximum atomic E-state index is 12.4. The van der Waals surface area contributed by atoms with Crippen molar-refractivity contribution in [2.45, 2.75) is 0 Å². The van der Waals surface area contributed by atoms with E-state index >= 15 is 0 Å². The van der Waals surface area contributed by atoms with Crippen LogP contribution in [-0.4, -0.2) is 6.98 Å². The summed E-state index contributed by atoms with van der Waals surface area (Å²) >= 11 is 5.73. The molecule has 0 atom stereocenters. The maximum absolute atomic E-state index is 12.4. The molecule has 2 aromatic rings. The average Bonchev–Trinajstić information content (AvgIpc) is 2.15. The molecule has 0 N–H and O–H groups in total. The summed E-state index contributed by atoms with van der Waals surface area (Å²) in [4.78, 5) is 0. The van der Waals surface area contributed by atoms with Crippen LogP contribution in [-0.2, 0) is 0 Å². The molecule has 78 valence electrons. The van der Waals surface area contributed by atoms with Crippen LogP contribution in [0.1, 0.15) is 0 Å². The van der Waals surface area contributed by atoms with Crippen LogP contribution in [0.2, 0.25) is 5.02 Å². The van der Waals surface area contributed by atoms with Gasteiger partial charge in [-0.05, 0) is 22.9 Å². The van der Waals surface area contributed by atoms with Crippen molar-refractivity contribution in [2.75, 3.05) is 0 Å². The third-order valence-corrected chi connectivity index (χ3v) is 2.44. The Kier molecular flexibility index (Phi) is 4.92. The van der Waals surface area contributed by atoms with Gasteiger partial charge in [0.15, 0.2) is 0 Å². The molecule has 0 bridgehead atoms. The molecular formula is C10H6BClF3K. The zero-order chi connectivity index (χ0) is 11.1. The Morgan fingerprint density at radius 1 is 0.875 bits per heavy atom. The molecule has 16 heavy (non-hydrogen) atoms. The first-order valence-corrected chi connectivity index (χ1v) is 4.74. The van der Waals surface area contributed by atoms with E-state index in [1.54, 1.807) is 18.2 Å². The van der Waals surface area contributed by atoms with Crippen molar-refractivity contribution in [1.29, 1.82) is 0 Å². The van der Waals surface area contributed by atoms with Gasteiger partial charge in [-0.3, -0.25) is 0 Å². The first-order valence-electron chi connectivity index (χ1n) is 4.36. The van der Waals surface area contributed by atoms with Gasteiger partial charge in [-0.25, -0.2) is 0 Å². The molecule has 0 amide bonds. The number of fused-ring (bicyclic) bond motifs is 1. The monoisotopic (exact) mass is 268 g/mol. The molecule has 2 rings (SSSR count). The van der Waals surface area contributed by atoms with Gasteiger partial charge in [0.05, 0.1) is 0 Å². The van der Waals surface area contributed by atoms with Crippen LogP contribution in [0.15, 0.2) is 36.4 Å². The van der Waals surface area contributed by atoms with Gasteiger partial charge in [0.1, 0.15) is 0 Å². The molecule has 0 fully saturated rings. The molecule has 0 unspecified atom stereocenters. The third kappa shape index (κ3) is 3.24. The summed E-state index contributed by atoms with van der Waals surface area (Å²) < 4.78 is 37.3. The molecule has 0 aliphatic heterocycles. The predicted octanol–water partition coefficient (Wildman–Crippen LogP) is 0.552. The van der Waals surface area contributed by atoms with E-state index < -0.39 is 12.4 Å². The Hall–Kier alpha value is 0.481. The van der Waals surface area contributed by atoms with Crippen LogP contribution in [0.25, 0.3) is 10.8 Å². The van der Waals surface area contributed by atoms with Crippen molar-refractivity contribution in [1.82, 2.24) is 0 Å². The normalized spacial score (nSPS) is 11.2. The summed E-state index contributed by atoms with van der Waals surface area (Å²) in [5.41, 5.74) is -0.579. The van der Waals surface area contributed by atoms with E-state index in [0.717, 1.165) is 12.1 Å². The fourth-order valence-corrected chi connectivity index (χ4v) is 1.62. The number of halogens is 4. The minimum Gasteiger partial charge on any atom is -0.445 e. The van der Waals surface area contributed by atoms with Crippen LogP contribution < -0.4 is 56.8 Å². The quantitative estimate of drug-likeness (QED) is 0.663. The molecule has 0 aromatic heterocycles. The Balaban J connectivity index is 0.00000128. The second-order valence-electron chi connectivity index (χ2n) is 3.33. The Labute approximate surface area is 139 Å². The second-order valence-corrected chi connectivity index (χ2v) is 3.76. The van der Waals surface area contributed by atoms with Crippen LogP contribution in [0.5, 0.6) is 0 Å². The van der Waals surface area contributed by atoms with E-state index in [4.69, 9.17) is 11.6 Å². The average molecular weight is 269 g/mol. The van der Waals surface area contributed by atoms with E-state index in [-0.39, 0.29) is 51.4 Å². The summed E-state index contributed by atoms with van der Waals surface area (Å²) in [7, 11) is 0. The minimum absolute atomic E-state index is 0. The summed E-state index contributed by atoms with van der Waals surface area (Å²) in [6.45, 7) is -4.93. The fourth-order valence-electron chi connectivity index (χ4n) is 1.44. The van der Waals surface area contributed by atoms with Gasteiger partial charge in [0.2, 0.25) is 0 Å². The predicted molar refractivity (Wildman–Crippen MR) is 57.7 cm³/mol. The Morgan fingerprint density at radius 2 is 1.44 bits per heavy atom. The second kappa shape index (κ2) is 5.42. The molecule has 0 saturated carbocycles. The van der Waals surface area contributed by atoms with E-state index in [1.807, 2.05) is 0 Å². The topological polar surface area (TPSA) is 0 Å². The smallest absolute Gasteiger partial charge is 0.445 e. The summed E-state index contributed by atoms with van der Waals surface area (Å²) in [5, 5.41) is 1.79. The Bertz CT molecular complexity index is 513. The molecule has 0 aliphatic carbocycles. The van der Waals surface area contributed by atoms with Gasteiger partial charge in [-0.15, -0.1) is 5.46 Å². The fraction of sp³-hybridized carbons (Fsp3) is 0. The van der Waals surface area contributed by atoms with Crippen molar-refractivity contribution in [3.8, 4) is 0 Å². The van der Waals surface area contributed by atoms with Crippen LogP contribution in [0.4, 0.5) is 12.9 Å². The Morgan fingerprint density at radius 3 is 2.06 bits per heavy atom. The third-order valence-electron chi connectivity index (χ3n) is 2.20. The molecule has 6 heteroatoms. The van der Waals surface area contributed by atoms with Crippen molar-refractivity contribution in [2.24, 2.45) is 0 Å². The first-order chi connectivity index (χ1) is 6.97. The summed E-state index contributed by atoms with van der Waals surface area (Å²) in [6.07, 6.45) is 0. The SMILES string of the molecule is F[B-](F)(F)c1ccc2cc(Cl)ccc2c1.[K+]. The molecular weight excluding hydrogens is 262 g/mol. The van der Waals surface area contributed by atoms with E-state index in [0.29, 0.717) is 15.8 Å². The van der Waals surface area contributed by atoms with Crippen molar-refractivity contribution in [3.05, 3.63) is 41.4 Å². The zero-order valence-corrected chi connectivity index (χ0v) is 12.4. The molecule has 0 saturated heterocycles. The van der Waals surface area contributed by atoms with Crippen molar-refractivity contribution < 1.29 is 64.3 Å². The van der Waals surface area contributed by atoms with Crippen LogP contribution in [0.3, 0.4) is 0 Å². The van der Waals surface area contributed by atoms with E-state index in [9.17, 15) is 12.9 Å². The van der Waals surface area contributed by atoms with Crippen molar-refractivity contribution in [3.63, 3.8) is 0 Å². The number of hydrogen-bond donors (Lipinski definition) is 0. The standard InChI is InChI=1S/C10H6BClF3.K/c12-10-4-2-7-5-9(11(13,14)15)3-1-8(7)6-10;/h1-6H;/q-1;+1. The molecule has 0 heterocycles. The largest absolute Gasteiger partial charge is 1.00 e. The first kappa shape index (κ1) is 14.5. The number of benzene rings is 2. The van der Waals surface area contributed by atoms with Crippen molar-refractivity contribution >= 4 is 34.8 Å². The molecule has 0 spiro atoms. The molecule has 0 radical (unpaired) electrons. The van der Waals surface area contributed by atoms with E-state index in [1.165, 1.54) is 6.07 Å². The van der Waals surface area contributed by atoms with Gasteiger partial charge in [0, 0.05) is 5.02 Å². The van der Waals surface area contributed by atoms with Gasteiger partial charge in [0.25, 0.3) is 0 Å². The van der Waals surface area contributed by atoms with Crippen LogP contribution in [0, 0.1) is 0 Å². The molecule has 0 nitrogen and oxygen atoms in total. The van der Waals surface area contributed by atoms with Gasteiger partial charge in [-0.1, -0.05) is 35.9 Å². The zero-order valence-electron chi connectivity index (χ0n) is 8.55. The van der Waals surface area contributed by atoms with Gasteiger partial charge < -0.3 is 12.9 Å². The molecule has 2 aromatic carbocycles. The minimum atomic E-state index is -4.93. The summed E-state index contributed by atoms with van der Waals surface area (Å²) in [6, 6.07) is 8.47. The van der Waals surface area contributed by atoms with E-state index in [2.05, 4.69) is 0 Å². The van der Waals surface area contributed by atoms with Crippen LogP contribution >= 0.6 is 11.6 Å². The number of rotatable bonds is 1.